The maximum Gasteiger partial charge on any atom is 0.369 e. The summed E-state index contributed by atoms with van der Waals surface area (Å²) < 4.78 is 22.4. The molecule has 0 bridgehead atoms. The normalized spacial score (nSPS) is 13.5. The predicted octanol–water partition coefficient (Wildman–Crippen LogP) is 0.511. The van der Waals surface area contributed by atoms with E-state index in [-0.39, 0.29) is 6.42 Å². The number of anilines is 1. The van der Waals surface area contributed by atoms with Gasteiger partial charge in [-0.2, -0.15) is 0 Å². The number of hydrogen-bond acceptors (Lipinski definition) is 4. The molecule has 0 unspecified atom stereocenters. The van der Waals surface area contributed by atoms with Crippen LogP contribution in [0.1, 0.15) is 17.5 Å². The highest BCUT2D eigenvalue weighted by Gasteiger charge is 2.58. The topological polar surface area (TPSA) is 161 Å². The van der Waals surface area contributed by atoms with Gasteiger partial charge < -0.3 is 30.4 Å². The van der Waals surface area contributed by atoms with Crippen molar-refractivity contribution in [3.63, 3.8) is 0 Å². The molecule has 0 saturated carbocycles. The van der Waals surface area contributed by atoms with Gasteiger partial charge in [-0.15, -0.1) is 0 Å². The monoisotopic (exact) mass is 325 g/mol. The first-order valence-corrected chi connectivity index (χ1v) is 8.80. The molecule has 1 aromatic carbocycles. The van der Waals surface area contributed by atoms with E-state index < -0.39 is 26.7 Å². The lowest BCUT2D eigenvalue weighted by Gasteiger charge is -2.29. The number of para-hydroxylation sites is 1. The van der Waals surface area contributed by atoms with Crippen LogP contribution in [0.2, 0.25) is 0 Å². The Morgan fingerprint density at radius 2 is 1.65 bits per heavy atom. The molecule has 0 aliphatic carbocycles. The van der Waals surface area contributed by atoms with E-state index in [1.165, 1.54) is 0 Å². The second-order valence-electron chi connectivity index (χ2n) is 4.51. The lowest BCUT2D eigenvalue weighted by Crippen LogP contribution is -2.29. The van der Waals surface area contributed by atoms with E-state index >= 15 is 0 Å². The van der Waals surface area contributed by atoms with Crippen LogP contribution in [0.5, 0.6) is 0 Å². The van der Waals surface area contributed by atoms with Crippen LogP contribution in [0, 0.1) is 6.92 Å². The number of benzene rings is 1. The van der Waals surface area contributed by atoms with Crippen LogP contribution in [0.4, 0.5) is 5.69 Å². The van der Waals surface area contributed by atoms with Gasteiger partial charge in [-0.25, -0.2) is 0 Å². The summed E-state index contributed by atoms with van der Waals surface area (Å²) in [7, 11) is -10.8. The molecule has 0 aliphatic heterocycles. The van der Waals surface area contributed by atoms with Crippen LogP contribution in [0.25, 0.3) is 0 Å². The van der Waals surface area contributed by atoms with E-state index in [1.54, 1.807) is 25.1 Å². The number of nitrogen functional groups attached to an aromatic ring is 1. The summed E-state index contributed by atoms with van der Waals surface area (Å²) in [5, 5.41) is 6.33. The SMILES string of the molecule is Cc1cccc(CCC(O)(P(=O)(O)O)P(=O)(O)O)c1N. The molecule has 20 heavy (non-hydrogen) atoms. The van der Waals surface area contributed by atoms with E-state index in [1.807, 2.05) is 0 Å². The van der Waals surface area contributed by atoms with Gasteiger partial charge in [0.1, 0.15) is 0 Å². The summed E-state index contributed by atoms with van der Waals surface area (Å²) in [6, 6.07) is 4.92. The van der Waals surface area contributed by atoms with Crippen LogP contribution >= 0.6 is 15.2 Å². The van der Waals surface area contributed by atoms with E-state index in [2.05, 4.69) is 0 Å². The summed E-state index contributed by atoms with van der Waals surface area (Å²) in [4.78, 5) is 36.0. The number of hydrogen-bond donors (Lipinski definition) is 6. The Bertz CT molecular complexity index is 569. The standard InChI is InChI=1S/C10H17NO7P2/c1-7-3-2-4-8(9(7)11)5-6-10(12,19(13,14)15)20(16,17)18/h2-4,12H,5-6,11H2,1H3,(H2,13,14,15)(H2,16,17,18). The van der Waals surface area contributed by atoms with Crippen molar-refractivity contribution in [2.24, 2.45) is 0 Å². The zero-order chi connectivity index (χ0) is 15.8. The Labute approximate surface area is 115 Å². The summed E-state index contributed by atoms with van der Waals surface area (Å²) >= 11 is 0. The molecule has 1 aromatic rings. The Hall–Kier alpha value is -0.720. The molecule has 8 nitrogen and oxygen atoms in total. The van der Waals surface area contributed by atoms with Gasteiger partial charge in [-0.1, -0.05) is 18.2 Å². The van der Waals surface area contributed by atoms with Crippen molar-refractivity contribution in [3.05, 3.63) is 29.3 Å². The minimum Gasteiger partial charge on any atom is -0.398 e. The number of aryl methyl sites for hydroxylation is 2. The van der Waals surface area contributed by atoms with E-state index in [0.29, 0.717) is 11.3 Å². The quantitative estimate of drug-likeness (QED) is 0.337. The van der Waals surface area contributed by atoms with Gasteiger partial charge >= 0.3 is 15.2 Å². The third kappa shape index (κ3) is 3.30. The average molecular weight is 325 g/mol. The Morgan fingerprint density at radius 3 is 2.10 bits per heavy atom. The fourth-order valence-electron chi connectivity index (χ4n) is 1.72. The maximum atomic E-state index is 11.2. The van der Waals surface area contributed by atoms with Crippen LogP contribution in [-0.4, -0.2) is 29.8 Å². The number of rotatable bonds is 5. The first kappa shape index (κ1) is 17.3. The molecule has 0 aliphatic rings. The van der Waals surface area contributed by atoms with Crippen molar-refractivity contribution < 1.29 is 33.8 Å². The molecule has 10 heteroatoms. The van der Waals surface area contributed by atoms with Crippen LogP contribution in [-0.2, 0) is 15.6 Å². The lowest BCUT2D eigenvalue weighted by atomic mass is 10.0. The van der Waals surface area contributed by atoms with Crippen LogP contribution in [0.3, 0.4) is 0 Å². The highest BCUT2D eigenvalue weighted by Crippen LogP contribution is 2.69. The van der Waals surface area contributed by atoms with Crippen molar-refractivity contribution in [2.45, 2.75) is 24.8 Å². The fraction of sp³-hybridized carbons (Fsp3) is 0.400. The molecule has 0 heterocycles. The van der Waals surface area contributed by atoms with Crippen molar-refractivity contribution in [1.82, 2.24) is 0 Å². The van der Waals surface area contributed by atoms with E-state index in [4.69, 9.17) is 25.3 Å². The molecule has 0 spiro atoms. The molecule has 1 rings (SSSR count). The molecule has 7 N–H and O–H groups in total. The van der Waals surface area contributed by atoms with Gasteiger partial charge in [0, 0.05) is 12.1 Å². The summed E-state index contributed by atoms with van der Waals surface area (Å²) in [6.45, 7) is 1.72. The van der Waals surface area contributed by atoms with Gasteiger partial charge in [-0.05, 0) is 24.5 Å². The van der Waals surface area contributed by atoms with Gasteiger partial charge in [0.15, 0.2) is 0 Å². The fourth-order valence-corrected chi connectivity index (χ4v) is 3.89. The van der Waals surface area contributed by atoms with Crippen molar-refractivity contribution in [2.75, 3.05) is 5.73 Å². The predicted molar refractivity (Wildman–Crippen MR) is 73.0 cm³/mol. The second-order valence-corrected chi connectivity index (χ2v) is 8.52. The maximum absolute atomic E-state index is 11.2. The highest BCUT2D eigenvalue weighted by molar-refractivity contribution is 7.72. The summed E-state index contributed by atoms with van der Waals surface area (Å²) in [5.41, 5.74) is 7.28. The summed E-state index contributed by atoms with van der Waals surface area (Å²) in [5.74, 6) is 0. The zero-order valence-electron chi connectivity index (χ0n) is 10.7. The molecule has 114 valence electrons. The smallest absolute Gasteiger partial charge is 0.369 e. The van der Waals surface area contributed by atoms with Crippen molar-refractivity contribution in [3.8, 4) is 0 Å². The first-order valence-electron chi connectivity index (χ1n) is 5.58. The van der Waals surface area contributed by atoms with Crippen LogP contribution < -0.4 is 5.73 Å². The zero-order valence-corrected chi connectivity index (χ0v) is 12.5. The number of aliphatic hydroxyl groups is 1. The Balaban J connectivity index is 3.09. The van der Waals surface area contributed by atoms with Gasteiger partial charge in [0.05, 0.1) is 0 Å². The number of nitrogens with two attached hydrogens (primary N) is 1. The van der Waals surface area contributed by atoms with E-state index in [0.717, 1.165) is 5.56 Å². The molecular formula is C10H17NO7P2. The first-order chi connectivity index (χ1) is 8.90. The molecular weight excluding hydrogens is 308 g/mol. The summed E-state index contributed by atoms with van der Waals surface area (Å²) in [6.07, 6.45) is -0.991. The van der Waals surface area contributed by atoms with Gasteiger partial charge in [0.2, 0.25) is 0 Å². The van der Waals surface area contributed by atoms with Crippen LogP contribution in [0.15, 0.2) is 18.2 Å². The van der Waals surface area contributed by atoms with Crippen molar-refractivity contribution in [1.29, 1.82) is 0 Å². The molecule has 0 atom stereocenters. The minimum atomic E-state index is -5.42. The van der Waals surface area contributed by atoms with Gasteiger partial charge in [-0.3, -0.25) is 9.13 Å². The third-order valence-corrected chi connectivity index (χ3v) is 6.95. The molecule has 0 aromatic heterocycles. The Morgan fingerprint density at radius 1 is 1.15 bits per heavy atom. The molecule has 0 saturated heterocycles. The molecule has 0 radical (unpaired) electrons. The third-order valence-electron chi connectivity index (χ3n) is 3.08. The van der Waals surface area contributed by atoms with E-state index in [9.17, 15) is 14.2 Å². The Kier molecular flexibility index (Phi) is 4.83. The minimum absolute atomic E-state index is 0.180. The second kappa shape index (κ2) is 5.58. The average Bonchev–Trinajstić information content (AvgIpc) is 2.27. The largest absolute Gasteiger partial charge is 0.398 e. The van der Waals surface area contributed by atoms with Gasteiger partial charge in [0.25, 0.3) is 5.08 Å². The highest BCUT2D eigenvalue weighted by atomic mass is 31.2. The molecule has 0 fully saturated rings. The van der Waals surface area contributed by atoms with Crippen molar-refractivity contribution >= 4 is 20.9 Å². The lowest BCUT2D eigenvalue weighted by molar-refractivity contribution is 0.123. The molecule has 0 amide bonds.